The van der Waals surface area contributed by atoms with Gasteiger partial charge in [-0.15, -0.1) is 0 Å². The van der Waals surface area contributed by atoms with Crippen molar-refractivity contribution >= 4 is 5.78 Å². The lowest BCUT2D eigenvalue weighted by molar-refractivity contribution is -0.117. The van der Waals surface area contributed by atoms with Crippen LogP contribution in [0.4, 0.5) is 8.78 Å². The lowest BCUT2D eigenvalue weighted by Gasteiger charge is -2.03. The standard InChI is InChI=1S/C14H11F2NO/c15-12-4-3-11(14(16)8-12)7-13(18)6-10-2-1-5-17-9-10/h1-5,8-9H,6-7H2. The zero-order chi connectivity index (χ0) is 13.0. The first kappa shape index (κ1) is 12.4. The van der Waals surface area contributed by atoms with Gasteiger partial charge in [-0.2, -0.15) is 0 Å². The molecule has 0 radical (unpaired) electrons. The predicted octanol–water partition coefficient (Wildman–Crippen LogP) is 2.71. The third kappa shape index (κ3) is 3.20. The van der Waals surface area contributed by atoms with Gasteiger partial charge in [0, 0.05) is 31.3 Å². The molecule has 0 unspecified atom stereocenters. The van der Waals surface area contributed by atoms with E-state index < -0.39 is 11.6 Å². The summed E-state index contributed by atoms with van der Waals surface area (Å²) in [5.74, 6) is -1.46. The van der Waals surface area contributed by atoms with Gasteiger partial charge < -0.3 is 0 Å². The largest absolute Gasteiger partial charge is 0.299 e. The summed E-state index contributed by atoms with van der Waals surface area (Å²) in [6.45, 7) is 0. The molecule has 1 heterocycles. The average Bonchev–Trinajstić information content (AvgIpc) is 2.34. The maximum absolute atomic E-state index is 13.3. The van der Waals surface area contributed by atoms with E-state index >= 15 is 0 Å². The maximum Gasteiger partial charge on any atom is 0.141 e. The third-order valence-electron chi connectivity index (χ3n) is 2.53. The van der Waals surface area contributed by atoms with Crippen LogP contribution in [-0.2, 0) is 17.6 Å². The molecular weight excluding hydrogens is 236 g/mol. The van der Waals surface area contributed by atoms with Crippen molar-refractivity contribution in [3.63, 3.8) is 0 Å². The van der Waals surface area contributed by atoms with Gasteiger partial charge >= 0.3 is 0 Å². The fraction of sp³-hybridized carbons (Fsp3) is 0.143. The van der Waals surface area contributed by atoms with Crippen LogP contribution in [0.25, 0.3) is 0 Å². The van der Waals surface area contributed by atoms with Crippen LogP contribution >= 0.6 is 0 Å². The van der Waals surface area contributed by atoms with Crippen LogP contribution in [0.15, 0.2) is 42.7 Å². The Hall–Kier alpha value is -2.10. The predicted molar refractivity (Wildman–Crippen MR) is 63.0 cm³/mol. The number of hydrogen-bond acceptors (Lipinski definition) is 2. The summed E-state index contributed by atoms with van der Waals surface area (Å²) in [4.78, 5) is 15.6. The summed E-state index contributed by atoms with van der Waals surface area (Å²) in [6, 6.07) is 6.75. The quantitative estimate of drug-likeness (QED) is 0.831. The number of carbonyl (C=O) groups excluding carboxylic acids is 1. The van der Waals surface area contributed by atoms with E-state index in [9.17, 15) is 13.6 Å². The Morgan fingerprint density at radius 2 is 2.00 bits per heavy atom. The fourth-order valence-electron chi connectivity index (χ4n) is 1.67. The van der Waals surface area contributed by atoms with Crippen LogP contribution in [0.5, 0.6) is 0 Å². The molecule has 2 aromatic rings. The minimum atomic E-state index is -0.686. The molecule has 2 rings (SSSR count). The van der Waals surface area contributed by atoms with Crippen molar-refractivity contribution in [1.29, 1.82) is 0 Å². The molecule has 1 aromatic heterocycles. The molecule has 18 heavy (non-hydrogen) atoms. The van der Waals surface area contributed by atoms with Crippen LogP contribution < -0.4 is 0 Å². The number of ketones is 1. The SMILES string of the molecule is O=C(Cc1cccnc1)Cc1ccc(F)cc1F. The van der Waals surface area contributed by atoms with Gasteiger partial charge in [-0.1, -0.05) is 12.1 Å². The molecule has 0 fully saturated rings. The highest BCUT2D eigenvalue weighted by Crippen LogP contribution is 2.11. The summed E-state index contributed by atoms with van der Waals surface area (Å²) >= 11 is 0. The first-order chi connectivity index (χ1) is 8.65. The van der Waals surface area contributed by atoms with Gasteiger partial charge in [0.2, 0.25) is 0 Å². The van der Waals surface area contributed by atoms with Gasteiger partial charge in [0.15, 0.2) is 0 Å². The molecule has 0 aliphatic heterocycles. The molecular formula is C14H11F2NO. The Morgan fingerprint density at radius 1 is 1.17 bits per heavy atom. The van der Waals surface area contributed by atoms with Gasteiger partial charge in [-0.3, -0.25) is 9.78 Å². The topological polar surface area (TPSA) is 30.0 Å². The molecule has 0 spiro atoms. The second-order valence-electron chi connectivity index (χ2n) is 3.99. The zero-order valence-electron chi connectivity index (χ0n) is 9.57. The van der Waals surface area contributed by atoms with Crippen LogP contribution in [0.2, 0.25) is 0 Å². The van der Waals surface area contributed by atoms with Crippen molar-refractivity contribution in [2.24, 2.45) is 0 Å². The van der Waals surface area contributed by atoms with Crippen molar-refractivity contribution in [1.82, 2.24) is 4.98 Å². The number of halogens is 2. The van der Waals surface area contributed by atoms with Crippen LogP contribution in [-0.4, -0.2) is 10.8 Å². The lowest BCUT2D eigenvalue weighted by Crippen LogP contribution is -2.08. The van der Waals surface area contributed by atoms with Gasteiger partial charge in [0.05, 0.1) is 0 Å². The van der Waals surface area contributed by atoms with Crippen LogP contribution in [0.1, 0.15) is 11.1 Å². The summed E-state index contributed by atoms with van der Waals surface area (Å²) in [7, 11) is 0. The molecule has 0 bridgehead atoms. The molecule has 0 aliphatic carbocycles. The van der Waals surface area contributed by atoms with Crippen molar-refractivity contribution in [3.8, 4) is 0 Å². The van der Waals surface area contributed by atoms with E-state index in [4.69, 9.17) is 0 Å². The van der Waals surface area contributed by atoms with E-state index in [-0.39, 0.29) is 24.2 Å². The molecule has 0 atom stereocenters. The van der Waals surface area contributed by atoms with Crippen molar-refractivity contribution < 1.29 is 13.6 Å². The molecule has 0 N–H and O–H groups in total. The Morgan fingerprint density at radius 3 is 2.67 bits per heavy atom. The molecule has 0 amide bonds. The maximum atomic E-state index is 13.3. The lowest BCUT2D eigenvalue weighted by atomic mass is 10.0. The summed E-state index contributed by atoms with van der Waals surface area (Å²) < 4.78 is 26.0. The molecule has 0 saturated carbocycles. The van der Waals surface area contributed by atoms with E-state index in [1.54, 1.807) is 24.5 Å². The zero-order valence-corrected chi connectivity index (χ0v) is 9.57. The Labute approximate surface area is 103 Å². The second-order valence-corrected chi connectivity index (χ2v) is 3.99. The van der Waals surface area contributed by atoms with E-state index in [0.29, 0.717) is 0 Å². The monoisotopic (exact) mass is 247 g/mol. The molecule has 0 aliphatic rings. The van der Waals surface area contributed by atoms with Crippen molar-refractivity contribution in [2.45, 2.75) is 12.8 Å². The molecule has 2 nitrogen and oxygen atoms in total. The smallest absolute Gasteiger partial charge is 0.141 e. The Bertz CT molecular complexity index is 555. The second kappa shape index (κ2) is 5.49. The molecule has 4 heteroatoms. The van der Waals surface area contributed by atoms with Crippen LogP contribution in [0.3, 0.4) is 0 Å². The van der Waals surface area contributed by atoms with E-state index in [2.05, 4.69) is 4.98 Å². The fourth-order valence-corrected chi connectivity index (χ4v) is 1.67. The van der Waals surface area contributed by atoms with E-state index in [1.165, 1.54) is 6.07 Å². The number of nitrogens with zero attached hydrogens (tertiary/aromatic N) is 1. The van der Waals surface area contributed by atoms with Crippen molar-refractivity contribution in [3.05, 3.63) is 65.5 Å². The number of hydrogen-bond donors (Lipinski definition) is 0. The summed E-state index contributed by atoms with van der Waals surface area (Å²) in [5.41, 5.74) is 0.996. The Kier molecular flexibility index (Phi) is 3.77. The van der Waals surface area contributed by atoms with Gasteiger partial charge in [-0.25, -0.2) is 8.78 Å². The van der Waals surface area contributed by atoms with E-state index in [0.717, 1.165) is 17.7 Å². The normalized spacial score (nSPS) is 10.3. The highest BCUT2D eigenvalue weighted by Gasteiger charge is 2.10. The van der Waals surface area contributed by atoms with Crippen molar-refractivity contribution in [2.75, 3.05) is 0 Å². The molecule has 1 aromatic carbocycles. The van der Waals surface area contributed by atoms with Gasteiger partial charge in [0.25, 0.3) is 0 Å². The highest BCUT2D eigenvalue weighted by molar-refractivity contribution is 5.83. The highest BCUT2D eigenvalue weighted by atomic mass is 19.1. The van der Waals surface area contributed by atoms with Gasteiger partial charge in [0.1, 0.15) is 17.4 Å². The first-order valence-electron chi connectivity index (χ1n) is 5.49. The summed E-state index contributed by atoms with van der Waals surface area (Å²) in [5, 5.41) is 0. The molecule has 92 valence electrons. The summed E-state index contributed by atoms with van der Waals surface area (Å²) in [6.07, 6.45) is 3.37. The number of rotatable bonds is 4. The van der Waals surface area contributed by atoms with Crippen LogP contribution in [0, 0.1) is 11.6 Å². The number of Topliss-reactive ketones (excluding diaryl/α,β-unsaturated/α-hetero) is 1. The minimum absolute atomic E-state index is 0.0407. The first-order valence-corrected chi connectivity index (χ1v) is 5.49. The number of aromatic nitrogens is 1. The number of benzene rings is 1. The average molecular weight is 247 g/mol. The minimum Gasteiger partial charge on any atom is -0.299 e. The van der Waals surface area contributed by atoms with Gasteiger partial charge in [-0.05, 0) is 23.3 Å². The van der Waals surface area contributed by atoms with E-state index in [1.807, 2.05) is 0 Å². The number of pyridine rings is 1. The number of carbonyl (C=O) groups is 1. The molecule has 0 saturated heterocycles. The Balaban J connectivity index is 2.03. The third-order valence-corrected chi connectivity index (χ3v) is 2.53.